The second-order valence-electron chi connectivity index (χ2n) is 5.73. The van der Waals surface area contributed by atoms with Crippen LogP contribution in [0.2, 0.25) is 10.0 Å². The number of fused-ring (bicyclic) bond motifs is 3. The van der Waals surface area contributed by atoms with E-state index >= 15 is 0 Å². The molecule has 1 aliphatic heterocycles. The van der Waals surface area contributed by atoms with Crippen LogP contribution in [0.3, 0.4) is 0 Å². The van der Waals surface area contributed by atoms with Gasteiger partial charge in [-0.25, -0.2) is 8.78 Å². The maximum absolute atomic E-state index is 14.6. The normalized spacial score (nSPS) is 12.8. The Morgan fingerprint density at radius 1 is 1.07 bits per heavy atom. The van der Waals surface area contributed by atoms with E-state index in [1.165, 1.54) is 18.3 Å². The van der Waals surface area contributed by atoms with Gasteiger partial charge in [0.25, 0.3) is 5.56 Å². The standard InChI is InChI=1S/C18H9Cl2F2N3O2/c19-8-1-3-10-15(16(8)20)18(14-9(21)2-4-11(26)17(14)22)23-7-12-24-13(27)5-6-25(10)12/h1-6,26H,7H2. The van der Waals surface area contributed by atoms with Crippen molar-refractivity contribution < 1.29 is 13.9 Å². The molecular weight excluding hydrogens is 399 g/mol. The van der Waals surface area contributed by atoms with E-state index in [4.69, 9.17) is 23.2 Å². The maximum atomic E-state index is 14.6. The van der Waals surface area contributed by atoms with E-state index in [2.05, 4.69) is 9.98 Å². The first kappa shape index (κ1) is 17.6. The fourth-order valence-corrected chi connectivity index (χ4v) is 3.34. The molecule has 0 aliphatic carbocycles. The topological polar surface area (TPSA) is 67.5 Å². The minimum absolute atomic E-state index is 0.0293. The third kappa shape index (κ3) is 2.79. The average molecular weight is 408 g/mol. The van der Waals surface area contributed by atoms with Crippen molar-refractivity contribution in [1.29, 1.82) is 0 Å². The highest BCUT2D eigenvalue weighted by Gasteiger charge is 2.28. The van der Waals surface area contributed by atoms with Gasteiger partial charge in [0.1, 0.15) is 11.6 Å². The Morgan fingerprint density at radius 3 is 2.63 bits per heavy atom. The number of nitrogens with zero attached hydrogens (tertiary/aromatic N) is 3. The van der Waals surface area contributed by atoms with E-state index in [1.807, 2.05) is 0 Å². The zero-order valence-electron chi connectivity index (χ0n) is 13.4. The molecule has 0 amide bonds. The Morgan fingerprint density at radius 2 is 1.85 bits per heavy atom. The molecule has 2 aromatic carbocycles. The van der Waals surface area contributed by atoms with E-state index in [0.717, 1.165) is 12.1 Å². The predicted molar refractivity (Wildman–Crippen MR) is 97.2 cm³/mol. The van der Waals surface area contributed by atoms with Gasteiger partial charge in [0.15, 0.2) is 11.6 Å². The summed E-state index contributed by atoms with van der Waals surface area (Å²) in [7, 11) is 0. The molecule has 1 N–H and O–H groups in total. The first-order chi connectivity index (χ1) is 12.9. The molecule has 0 fully saturated rings. The summed E-state index contributed by atoms with van der Waals surface area (Å²) >= 11 is 12.5. The van der Waals surface area contributed by atoms with E-state index < -0.39 is 28.5 Å². The van der Waals surface area contributed by atoms with Crippen LogP contribution in [0, 0.1) is 11.6 Å². The van der Waals surface area contributed by atoms with Crippen LogP contribution in [0.1, 0.15) is 17.0 Å². The molecule has 4 rings (SSSR count). The molecule has 0 bridgehead atoms. The highest BCUT2D eigenvalue weighted by atomic mass is 35.5. The molecule has 1 aromatic heterocycles. The fraction of sp³-hybridized carbons (Fsp3) is 0.0556. The predicted octanol–water partition coefficient (Wildman–Crippen LogP) is 3.87. The SMILES string of the molecule is O=c1ccn2c(n1)CN=C(c1c(F)ccc(O)c1F)c1c-2ccc(Cl)c1Cl. The van der Waals surface area contributed by atoms with Crippen LogP contribution >= 0.6 is 23.2 Å². The number of aliphatic imine (C=N–C) groups is 1. The molecule has 0 radical (unpaired) electrons. The quantitative estimate of drug-likeness (QED) is 0.665. The summed E-state index contributed by atoms with van der Waals surface area (Å²) < 4.78 is 30.6. The molecule has 0 saturated carbocycles. The lowest BCUT2D eigenvalue weighted by atomic mass is 9.99. The average Bonchev–Trinajstić information content (AvgIpc) is 2.79. The number of phenolic OH excluding ortho intramolecular Hbond substituents is 1. The van der Waals surface area contributed by atoms with Gasteiger partial charge in [-0.2, -0.15) is 4.98 Å². The first-order valence-corrected chi connectivity index (χ1v) is 8.43. The van der Waals surface area contributed by atoms with Gasteiger partial charge in [-0.05, 0) is 24.3 Å². The van der Waals surface area contributed by atoms with E-state index in [0.29, 0.717) is 5.69 Å². The van der Waals surface area contributed by atoms with Crippen molar-refractivity contribution in [2.45, 2.75) is 6.54 Å². The molecule has 9 heteroatoms. The maximum Gasteiger partial charge on any atom is 0.272 e. The smallest absolute Gasteiger partial charge is 0.272 e. The highest BCUT2D eigenvalue weighted by molar-refractivity contribution is 6.45. The summed E-state index contributed by atoms with van der Waals surface area (Å²) in [5, 5.41) is 9.88. The van der Waals surface area contributed by atoms with E-state index in [9.17, 15) is 18.7 Å². The largest absolute Gasteiger partial charge is 0.505 e. The Bertz CT molecular complexity index is 1190. The summed E-state index contributed by atoms with van der Waals surface area (Å²) in [6, 6.07) is 6.17. The lowest BCUT2D eigenvalue weighted by Gasteiger charge is -2.16. The zero-order valence-corrected chi connectivity index (χ0v) is 14.9. The summed E-state index contributed by atoms with van der Waals surface area (Å²) in [4.78, 5) is 19.8. The molecular formula is C18H9Cl2F2N3O2. The molecule has 2 heterocycles. The van der Waals surface area contributed by atoms with Gasteiger partial charge >= 0.3 is 0 Å². The van der Waals surface area contributed by atoms with Crippen molar-refractivity contribution in [3.8, 4) is 11.4 Å². The van der Waals surface area contributed by atoms with Crippen LogP contribution in [0.25, 0.3) is 5.69 Å². The summed E-state index contributed by atoms with van der Waals surface area (Å²) in [6.07, 6.45) is 1.47. The second kappa shape index (κ2) is 6.44. The van der Waals surface area contributed by atoms with Crippen LogP contribution in [0.15, 0.2) is 46.3 Å². The van der Waals surface area contributed by atoms with Crippen molar-refractivity contribution >= 4 is 28.9 Å². The van der Waals surface area contributed by atoms with Crippen LogP contribution in [0.5, 0.6) is 5.75 Å². The summed E-state index contributed by atoms with van der Waals surface area (Å²) in [6.45, 7) is -0.136. The fourth-order valence-electron chi connectivity index (χ4n) is 2.93. The van der Waals surface area contributed by atoms with Crippen LogP contribution in [0.4, 0.5) is 8.78 Å². The van der Waals surface area contributed by atoms with Gasteiger partial charge in [0.05, 0.1) is 33.6 Å². The Labute approximate surface area is 161 Å². The van der Waals surface area contributed by atoms with E-state index in [-0.39, 0.29) is 33.7 Å². The van der Waals surface area contributed by atoms with Crippen molar-refractivity contribution in [2.24, 2.45) is 4.99 Å². The Kier molecular flexibility index (Phi) is 4.20. The lowest BCUT2D eigenvalue weighted by molar-refractivity contribution is 0.427. The monoisotopic (exact) mass is 407 g/mol. The van der Waals surface area contributed by atoms with Gasteiger partial charge in [-0.3, -0.25) is 9.79 Å². The number of aromatic hydroxyl groups is 1. The molecule has 136 valence electrons. The van der Waals surface area contributed by atoms with E-state index in [1.54, 1.807) is 10.6 Å². The van der Waals surface area contributed by atoms with Crippen molar-refractivity contribution in [1.82, 2.24) is 9.55 Å². The van der Waals surface area contributed by atoms with Crippen LogP contribution in [-0.2, 0) is 6.54 Å². The van der Waals surface area contributed by atoms with Crippen molar-refractivity contribution in [3.63, 3.8) is 0 Å². The number of aromatic nitrogens is 2. The number of rotatable bonds is 1. The van der Waals surface area contributed by atoms with Crippen molar-refractivity contribution in [2.75, 3.05) is 0 Å². The molecule has 0 spiro atoms. The lowest BCUT2D eigenvalue weighted by Crippen LogP contribution is -2.15. The van der Waals surface area contributed by atoms with Gasteiger partial charge in [0, 0.05) is 17.8 Å². The molecule has 1 aliphatic rings. The molecule has 3 aromatic rings. The zero-order chi connectivity index (χ0) is 19.3. The third-order valence-electron chi connectivity index (χ3n) is 4.14. The minimum atomic E-state index is -1.18. The third-order valence-corrected chi connectivity index (χ3v) is 4.94. The Hall–Kier alpha value is -2.77. The summed E-state index contributed by atoms with van der Waals surface area (Å²) in [5.74, 6) is -2.58. The van der Waals surface area contributed by atoms with Gasteiger partial charge < -0.3 is 9.67 Å². The summed E-state index contributed by atoms with van der Waals surface area (Å²) in [5.41, 5.74) is -0.601. The molecule has 5 nitrogen and oxygen atoms in total. The van der Waals surface area contributed by atoms with Crippen LogP contribution < -0.4 is 5.56 Å². The highest BCUT2D eigenvalue weighted by Crippen LogP contribution is 2.36. The van der Waals surface area contributed by atoms with Gasteiger partial charge in [-0.15, -0.1) is 0 Å². The molecule has 0 unspecified atom stereocenters. The number of phenols is 1. The first-order valence-electron chi connectivity index (χ1n) is 7.67. The molecule has 27 heavy (non-hydrogen) atoms. The number of benzene rings is 2. The number of hydrogen-bond donors (Lipinski definition) is 1. The molecule has 0 saturated heterocycles. The van der Waals surface area contributed by atoms with Gasteiger partial charge in [0.2, 0.25) is 0 Å². The minimum Gasteiger partial charge on any atom is -0.505 e. The van der Waals surface area contributed by atoms with Crippen LogP contribution in [-0.4, -0.2) is 20.4 Å². The Balaban J connectivity index is 2.12. The molecule has 0 atom stereocenters. The number of hydrogen-bond acceptors (Lipinski definition) is 4. The van der Waals surface area contributed by atoms with Crippen molar-refractivity contribution in [3.05, 3.63) is 85.5 Å². The number of halogens is 4. The van der Waals surface area contributed by atoms with Gasteiger partial charge in [-0.1, -0.05) is 23.2 Å². The second-order valence-corrected chi connectivity index (χ2v) is 6.51.